The first-order valence-corrected chi connectivity index (χ1v) is 5.03. The van der Waals surface area contributed by atoms with E-state index in [0.29, 0.717) is 6.04 Å². The van der Waals surface area contributed by atoms with Gasteiger partial charge in [0.25, 0.3) is 0 Å². The van der Waals surface area contributed by atoms with Crippen molar-refractivity contribution in [1.29, 1.82) is 0 Å². The third-order valence-corrected chi connectivity index (χ3v) is 2.39. The quantitative estimate of drug-likeness (QED) is 0.541. The average molecular weight is 205 g/mol. The Morgan fingerprint density at radius 2 is 1.93 bits per heavy atom. The first kappa shape index (κ1) is 11.6. The molecule has 0 amide bonds. The van der Waals surface area contributed by atoms with Crippen molar-refractivity contribution in [2.45, 2.75) is 26.3 Å². The van der Waals surface area contributed by atoms with Gasteiger partial charge in [0, 0.05) is 19.1 Å². The van der Waals surface area contributed by atoms with Gasteiger partial charge in [0.1, 0.15) is 5.82 Å². The van der Waals surface area contributed by atoms with E-state index >= 15 is 0 Å². The zero-order valence-electron chi connectivity index (χ0n) is 9.42. The van der Waals surface area contributed by atoms with Gasteiger partial charge in [0.15, 0.2) is 0 Å². The summed E-state index contributed by atoms with van der Waals surface area (Å²) in [6.45, 7) is 3.93. The highest BCUT2D eigenvalue weighted by molar-refractivity contribution is 5.17. The largest absolute Gasteiger partial charge is 0.333 e. The summed E-state index contributed by atoms with van der Waals surface area (Å²) in [5, 5.41) is 0. The van der Waals surface area contributed by atoms with Gasteiger partial charge < -0.3 is 4.90 Å². The Hall–Kier alpha value is -1.49. The lowest BCUT2D eigenvalue weighted by atomic mass is 10.1. The molecule has 1 rings (SSSR count). The molecule has 0 aliphatic heterocycles. The van der Waals surface area contributed by atoms with Crippen LogP contribution in [0, 0.1) is 17.8 Å². The van der Waals surface area contributed by atoms with E-state index in [-0.39, 0.29) is 5.82 Å². The summed E-state index contributed by atoms with van der Waals surface area (Å²) < 4.78 is 12.7. The minimum absolute atomic E-state index is 0.187. The third kappa shape index (κ3) is 3.63. The molecule has 0 bridgehead atoms. The fraction of sp³-hybridized carbons (Fsp3) is 0.385. The van der Waals surface area contributed by atoms with E-state index in [4.69, 9.17) is 0 Å². The molecular weight excluding hydrogens is 189 g/mol. The molecule has 0 saturated carbocycles. The lowest BCUT2D eigenvalue weighted by Crippen LogP contribution is -2.26. The minimum Gasteiger partial charge on any atom is -0.333 e. The van der Waals surface area contributed by atoms with Crippen LogP contribution in [0.5, 0.6) is 0 Å². The van der Waals surface area contributed by atoms with E-state index in [1.165, 1.54) is 12.1 Å². The molecule has 2 heteroatoms. The summed E-state index contributed by atoms with van der Waals surface area (Å²) in [4.78, 5) is 1.98. The molecule has 0 aliphatic rings. The molecule has 1 unspecified atom stereocenters. The van der Waals surface area contributed by atoms with Crippen LogP contribution in [0.2, 0.25) is 0 Å². The van der Waals surface area contributed by atoms with E-state index in [1.54, 1.807) is 0 Å². The molecule has 1 atom stereocenters. The van der Waals surface area contributed by atoms with Gasteiger partial charge in [-0.2, -0.15) is 0 Å². The summed E-state index contributed by atoms with van der Waals surface area (Å²) >= 11 is 0. The van der Waals surface area contributed by atoms with Crippen molar-refractivity contribution in [3.05, 3.63) is 35.6 Å². The SMILES string of the molecule is CC#CN(C)C(C)Cc1ccc(F)cc1. The van der Waals surface area contributed by atoms with Crippen molar-refractivity contribution < 1.29 is 4.39 Å². The summed E-state index contributed by atoms with van der Waals surface area (Å²) in [5.41, 5.74) is 1.13. The van der Waals surface area contributed by atoms with Crippen molar-refractivity contribution in [3.63, 3.8) is 0 Å². The number of likely N-dealkylation sites (N-methyl/N-ethyl adjacent to an activating group) is 1. The van der Waals surface area contributed by atoms with Gasteiger partial charge in [0.2, 0.25) is 0 Å². The molecule has 0 heterocycles. The van der Waals surface area contributed by atoms with Crippen LogP contribution >= 0.6 is 0 Å². The number of hydrogen-bond donors (Lipinski definition) is 0. The number of benzene rings is 1. The van der Waals surface area contributed by atoms with E-state index in [9.17, 15) is 4.39 Å². The topological polar surface area (TPSA) is 3.24 Å². The fourth-order valence-corrected chi connectivity index (χ4v) is 1.39. The minimum atomic E-state index is -0.187. The molecule has 1 aromatic carbocycles. The van der Waals surface area contributed by atoms with Crippen molar-refractivity contribution in [2.24, 2.45) is 0 Å². The Labute approximate surface area is 90.9 Å². The molecule has 0 saturated heterocycles. The number of rotatable bonds is 3. The predicted molar refractivity (Wildman–Crippen MR) is 60.8 cm³/mol. The van der Waals surface area contributed by atoms with Crippen LogP contribution in [0.25, 0.3) is 0 Å². The second kappa shape index (κ2) is 5.41. The fourth-order valence-electron chi connectivity index (χ4n) is 1.39. The number of hydrogen-bond acceptors (Lipinski definition) is 1. The normalized spacial score (nSPS) is 11.5. The maximum atomic E-state index is 12.7. The van der Waals surface area contributed by atoms with E-state index in [1.807, 2.05) is 31.0 Å². The Morgan fingerprint density at radius 3 is 2.47 bits per heavy atom. The van der Waals surface area contributed by atoms with Crippen LogP contribution in [0.1, 0.15) is 19.4 Å². The van der Waals surface area contributed by atoms with Crippen molar-refractivity contribution in [1.82, 2.24) is 4.90 Å². The van der Waals surface area contributed by atoms with E-state index in [2.05, 4.69) is 18.9 Å². The van der Waals surface area contributed by atoms with Gasteiger partial charge in [0.05, 0.1) is 0 Å². The van der Waals surface area contributed by atoms with Crippen molar-refractivity contribution >= 4 is 0 Å². The number of nitrogens with zero attached hydrogens (tertiary/aromatic N) is 1. The Bertz CT molecular complexity index is 358. The number of halogens is 1. The van der Waals surface area contributed by atoms with Gasteiger partial charge >= 0.3 is 0 Å². The van der Waals surface area contributed by atoms with Crippen molar-refractivity contribution in [2.75, 3.05) is 7.05 Å². The zero-order chi connectivity index (χ0) is 11.3. The monoisotopic (exact) mass is 205 g/mol. The maximum absolute atomic E-state index is 12.7. The summed E-state index contributed by atoms with van der Waals surface area (Å²) in [6.07, 6.45) is 0.880. The lowest BCUT2D eigenvalue weighted by Gasteiger charge is -2.20. The van der Waals surface area contributed by atoms with Gasteiger partial charge in [-0.25, -0.2) is 4.39 Å². The highest BCUT2D eigenvalue weighted by Gasteiger charge is 2.06. The maximum Gasteiger partial charge on any atom is 0.123 e. The van der Waals surface area contributed by atoms with Gasteiger partial charge in [-0.15, -0.1) is 0 Å². The van der Waals surface area contributed by atoms with Crippen molar-refractivity contribution in [3.8, 4) is 12.0 Å². The second-order valence-corrected chi connectivity index (χ2v) is 3.65. The standard InChI is InChI=1S/C13H16FN/c1-4-9-15(3)11(2)10-12-5-7-13(14)8-6-12/h5-8,11H,10H2,1-3H3. The van der Waals surface area contributed by atoms with Crippen LogP contribution in [0.4, 0.5) is 4.39 Å². The first-order chi connectivity index (χ1) is 7.13. The van der Waals surface area contributed by atoms with Crippen LogP contribution in [0.3, 0.4) is 0 Å². The predicted octanol–water partition coefficient (Wildman–Crippen LogP) is 2.67. The smallest absolute Gasteiger partial charge is 0.123 e. The average Bonchev–Trinajstić information content (AvgIpc) is 2.22. The molecule has 0 spiro atoms. The van der Waals surface area contributed by atoms with E-state index in [0.717, 1.165) is 12.0 Å². The molecular formula is C13H16FN. The van der Waals surface area contributed by atoms with Crippen LogP contribution in [-0.2, 0) is 6.42 Å². The molecule has 0 fully saturated rings. The Balaban J connectivity index is 2.60. The van der Waals surface area contributed by atoms with Crippen LogP contribution < -0.4 is 0 Å². The highest BCUT2D eigenvalue weighted by Crippen LogP contribution is 2.08. The second-order valence-electron chi connectivity index (χ2n) is 3.65. The Kier molecular flexibility index (Phi) is 4.17. The lowest BCUT2D eigenvalue weighted by molar-refractivity contribution is 0.370. The highest BCUT2D eigenvalue weighted by atomic mass is 19.1. The molecule has 15 heavy (non-hydrogen) atoms. The molecule has 0 radical (unpaired) electrons. The van der Waals surface area contributed by atoms with Crippen LogP contribution in [0.15, 0.2) is 24.3 Å². The summed E-state index contributed by atoms with van der Waals surface area (Å²) in [7, 11) is 1.96. The van der Waals surface area contributed by atoms with Gasteiger partial charge in [-0.05, 0) is 38.0 Å². The van der Waals surface area contributed by atoms with Crippen LogP contribution in [-0.4, -0.2) is 18.0 Å². The molecule has 0 N–H and O–H groups in total. The summed E-state index contributed by atoms with van der Waals surface area (Å²) in [6, 6.07) is 9.95. The van der Waals surface area contributed by atoms with E-state index < -0.39 is 0 Å². The molecule has 0 aliphatic carbocycles. The molecule has 1 aromatic rings. The third-order valence-electron chi connectivity index (χ3n) is 2.39. The molecule has 1 nitrogen and oxygen atoms in total. The summed E-state index contributed by atoms with van der Waals surface area (Å²) in [5.74, 6) is 2.67. The zero-order valence-corrected chi connectivity index (χ0v) is 9.42. The first-order valence-electron chi connectivity index (χ1n) is 5.03. The van der Waals surface area contributed by atoms with Gasteiger partial charge in [-0.1, -0.05) is 18.1 Å². The Morgan fingerprint density at radius 1 is 1.33 bits per heavy atom. The molecule has 0 aromatic heterocycles. The molecule has 80 valence electrons. The van der Waals surface area contributed by atoms with Gasteiger partial charge in [-0.3, -0.25) is 0 Å².